The van der Waals surface area contributed by atoms with Gasteiger partial charge >= 0.3 is 0 Å². The Bertz CT molecular complexity index is 476. The zero-order valence-corrected chi connectivity index (χ0v) is 10.1. The van der Waals surface area contributed by atoms with Gasteiger partial charge in [-0.2, -0.15) is 0 Å². The van der Waals surface area contributed by atoms with Crippen LogP contribution in [-0.2, 0) is 19.6 Å². The monoisotopic (exact) mass is 235 g/mol. The quantitative estimate of drug-likeness (QED) is 0.853. The highest BCUT2D eigenvalue weighted by Crippen LogP contribution is 2.11. The second-order valence-corrected chi connectivity index (χ2v) is 4.17. The molecule has 2 aromatic heterocycles. The molecule has 0 fully saturated rings. The molecule has 0 bridgehead atoms. The Hall–Kier alpha value is -1.59. The highest BCUT2D eigenvalue weighted by atomic mass is 16.5. The van der Waals surface area contributed by atoms with Crippen LogP contribution in [0.4, 0.5) is 0 Å². The molecule has 0 saturated heterocycles. The summed E-state index contributed by atoms with van der Waals surface area (Å²) in [5.74, 6) is 2.69. The summed E-state index contributed by atoms with van der Waals surface area (Å²) < 4.78 is 10.7. The van der Waals surface area contributed by atoms with E-state index in [1.165, 1.54) is 0 Å². The average molecular weight is 235 g/mol. The summed E-state index contributed by atoms with van der Waals surface area (Å²) in [4.78, 5) is 2.10. The van der Waals surface area contributed by atoms with E-state index in [1.807, 2.05) is 32.2 Å². The number of rotatable bonds is 5. The van der Waals surface area contributed by atoms with Crippen molar-refractivity contribution in [3.05, 3.63) is 41.2 Å². The molecule has 2 heterocycles. The van der Waals surface area contributed by atoms with Gasteiger partial charge in [0.05, 0.1) is 18.8 Å². The number of aryl methyl sites for hydroxylation is 1. The number of aromatic nitrogens is 1. The standard InChI is InChI=1S/C12H17N3O2/c1-9-3-4-11(16-9)7-15(2)8-12-5-10(6-13)14-17-12/h3-5H,6-8,13H2,1-2H3. The minimum atomic E-state index is 0.407. The maximum atomic E-state index is 5.51. The molecular weight excluding hydrogens is 218 g/mol. The minimum absolute atomic E-state index is 0.407. The zero-order valence-electron chi connectivity index (χ0n) is 10.1. The van der Waals surface area contributed by atoms with E-state index in [0.717, 1.165) is 29.5 Å². The Balaban J connectivity index is 1.90. The third-order valence-corrected chi connectivity index (χ3v) is 2.46. The maximum absolute atomic E-state index is 5.51. The van der Waals surface area contributed by atoms with Crippen molar-refractivity contribution >= 4 is 0 Å². The van der Waals surface area contributed by atoms with Crippen molar-refractivity contribution < 1.29 is 8.94 Å². The molecule has 92 valence electrons. The molecule has 2 N–H and O–H groups in total. The molecule has 0 spiro atoms. The third kappa shape index (κ3) is 3.18. The Labute approximate surface area is 100 Å². The van der Waals surface area contributed by atoms with Gasteiger partial charge in [-0.3, -0.25) is 4.90 Å². The maximum Gasteiger partial charge on any atom is 0.151 e. The first-order valence-corrected chi connectivity index (χ1v) is 5.56. The topological polar surface area (TPSA) is 68.4 Å². The number of hydrogen-bond donors (Lipinski definition) is 1. The van der Waals surface area contributed by atoms with E-state index in [4.69, 9.17) is 14.7 Å². The van der Waals surface area contributed by atoms with Crippen LogP contribution in [0.3, 0.4) is 0 Å². The summed E-state index contributed by atoms with van der Waals surface area (Å²) in [6, 6.07) is 5.82. The highest BCUT2D eigenvalue weighted by Gasteiger charge is 2.08. The van der Waals surface area contributed by atoms with Crippen LogP contribution in [0.25, 0.3) is 0 Å². The Morgan fingerprint density at radius 2 is 2.06 bits per heavy atom. The van der Waals surface area contributed by atoms with Crippen molar-refractivity contribution in [1.29, 1.82) is 0 Å². The predicted molar refractivity (Wildman–Crippen MR) is 63.0 cm³/mol. The summed E-state index contributed by atoms with van der Waals surface area (Å²) in [7, 11) is 2.00. The summed E-state index contributed by atoms with van der Waals surface area (Å²) in [5, 5.41) is 3.85. The molecule has 17 heavy (non-hydrogen) atoms. The van der Waals surface area contributed by atoms with Gasteiger partial charge in [0.15, 0.2) is 5.76 Å². The molecule has 0 aromatic carbocycles. The number of furan rings is 1. The lowest BCUT2D eigenvalue weighted by Gasteiger charge is -2.12. The Kier molecular flexibility index (Phi) is 3.61. The number of hydrogen-bond acceptors (Lipinski definition) is 5. The molecule has 0 aliphatic heterocycles. The first kappa shape index (κ1) is 11.9. The van der Waals surface area contributed by atoms with Gasteiger partial charge in [-0.05, 0) is 26.1 Å². The molecule has 5 nitrogen and oxygen atoms in total. The summed E-state index contributed by atoms with van der Waals surface area (Å²) in [6.45, 7) is 3.78. The van der Waals surface area contributed by atoms with E-state index in [1.54, 1.807) is 0 Å². The van der Waals surface area contributed by atoms with E-state index in [9.17, 15) is 0 Å². The van der Waals surface area contributed by atoms with Gasteiger partial charge in [0.2, 0.25) is 0 Å². The van der Waals surface area contributed by atoms with Gasteiger partial charge in [0, 0.05) is 12.6 Å². The fourth-order valence-electron chi connectivity index (χ4n) is 1.68. The van der Waals surface area contributed by atoms with E-state index in [-0.39, 0.29) is 0 Å². The average Bonchev–Trinajstić information content (AvgIpc) is 2.88. The second-order valence-electron chi connectivity index (χ2n) is 4.17. The molecular formula is C12H17N3O2. The van der Waals surface area contributed by atoms with Crippen molar-refractivity contribution in [3.63, 3.8) is 0 Å². The van der Waals surface area contributed by atoms with E-state index in [0.29, 0.717) is 13.1 Å². The Morgan fingerprint density at radius 1 is 1.29 bits per heavy atom. The molecule has 0 aliphatic rings. The largest absolute Gasteiger partial charge is 0.465 e. The van der Waals surface area contributed by atoms with Gasteiger partial charge in [0.1, 0.15) is 11.5 Å². The second kappa shape index (κ2) is 5.16. The molecule has 0 unspecified atom stereocenters. The van der Waals surface area contributed by atoms with Gasteiger partial charge in [-0.25, -0.2) is 0 Å². The van der Waals surface area contributed by atoms with Crippen molar-refractivity contribution in [2.75, 3.05) is 7.05 Å². The smallest absolute Gasteiger partial charge is 0.151 e. The van der Waals surface area contributed by atoms with E-state index in [2.05, 4.69) is 10.1 Å². The first-order chi connectivity index (χ1) is 8.17. The minimum Gasteiger partial charge on any atom is -0.465 e. The van der Waals surface area contributed by atoms with Crippen molar-refractivity contribution in [2.24, 2.45) is 5.73 Å². The van der Waals surface area contributed by atoms with Crippen LogP contribution >= 0.6 is 0 Å². The molecule has 0 saturated carbocycles. The summed E-state index contributed by atoms with van der Waals surface area (Å²) in [5.41, 5.74) is 6.25. The van der Waals surface area contributed by atoms with Gasteiger partial charge in [-0.1, -0.05) is 5.16 Å². The lowest BCUT2D eigenvalue weighted by Crippen LogP contribution is -2.16. The van der Waals surface area contributed by atoms with E-state index < -0.39 is 0 Å². The lowest BCUT2D eigenvalue weighted by molar-refractivity contribution is 0.247. The van der Waals surface area contributed by atoms with Crippen molar-refractivity contribution in [1.82, 2.24) is 10.1 Å². The normalized spacial score (nSPS) is 11.3. The molecule has 0 radical (unpaired) electrons. The molecule has 2 rings (SSSR count). The number of nitrogens with zero attached hydrogens (tertiary/aromatic N) is 2. The SMILES string of the molecule is Cc1ccc(CN(C)Cc2cc(CN)no2)o1. The summed E-state index contributed by atoms with van der Waals surface area (Å²) in [6.07, 6.45) is 0. The van der Waals surface area contributed by atoms with Crippen LogP contribution in [0.5, 0.6) is 0 Å². The fraction of sp³-hybridized carbons (Fsp3) is 0.417. The molecule has 5 heteroatoms. The first-order valence-electron chi connectivity index (χ1n) is 5.56. The van der Waals surface area contributed by atoms with Gasteiger partial charge < -0.3 is 14.7 Å². The van der Waals surface area contributed by atoms with Crippen LogP contribution < -0.4 is 5.73 Å². The molecule has 2 aromatic rings. The molecule has 0 atom stereocenters. The lowest BCUT2D eigenvalue weighted by atomic mass is 10.3. The zero-order chi connectivity index (χ0) is 12.3. The van der Waals surface area contributed by atoms with Crippen LogP contribution in [-0.4, -0.2) is 17.1 Å². The number of nitrogens with two attached hydrogens (primary N) is 1. The van der Waals surface area contributed by atoms with Gasteiger partial charge in [-0.15, -0.1) is 0 Å². The van der Waals surface area contributed by atoms with E-state index >= 15 is 0 Å². The predicted octanol–water partition coefficient (Wildman–Crippen LogP) is 1.67. The van der Waals surface area contributed by atoms with Crippen molar-refractivity contribution in [3.8, 4) is 0 Å². The van der Waals surface area contributed by atoms with Crippen LogP contribution in [0, 0.1) is 6.92 Å². The van der Waals surface area contributed by atoms with Crippen LogP contribution in [0.1, 0.15) is 23.0 Å². The van der Waals surface area contributed by atoms with Crippen LogP contribution in [0.15, 0.2) is 27.1 Å². The fourth-order valence-corrected chi connectivity index (χ4v) is 1.68. The Morgan fingerprint density at radius 3 is 2.65 bits per heavy atom. The van der Waals surface area contributed by atoms with Crippen molar-refractivity contribution in [2.45, 2.75) is 26.6 Å². The summed E-state index contributed by atoms with van der Waals surface area (Å²) >= 11 is 0. The molecule has 0 aliphatic carbocycles. The van der Waals surface area contributed by atoms with Gasteiger partial charge in [0.25, 0.3) is 0 Å². The highest BCUT2D eigenvalue weighted by molar-refractivity contribution is 5.07. The van der Waals surface area contributed by atoms with Crippen LogP contribution in [0.2, 0.25) is 0 Å². The third-order valence-electron chi connectivity index (χ3n) is 2.46. The molecule has 0 amide bonds.